The van der Waals surface area contributed by atoms with Crippen molar-refractivity contribution in [1.29, 1.82) is 0 Å². The average molecular weight is 323 g/mol. The van der Waals surface area contributed by atoms with Gasteiger partial charge in [0.25, 0.3) is 0 Å². The molecular formula is C14H21N5O2S. The SMILES string of the molecule is CN(Cc1ncnn1C)S(=O)(=O)c1ccc(C(C)(C)C)nc1. The molecule has 0 unspecified atom stereocenters. The summed E-state index contributed by atoms with van der Waals surface area (Å²) in [6.45, 7) is 6.25. The lowest BCUT2D eigenvalue weighted by molar-refractivity contribution is 0.447. The number of hydrogen-bond donors (Lipinski definition) is 0. The van der Waals surface area contributed by atoms with Crippen molar-refractivity contribution in [1.82, 2.24) is 24.1 Å². The molecule has 0 aromatic carbocycles. The Morgan fingerprint density at radius 1 is 1.23 bits per heavy atom. The fourth-order valence-electron chi connectivity index (χ4n) is 1.90. The number of aromatic nitrogens is 4. The van der Waals surface area contributed by atoms with Crippen molar-refractivity contribution in [2.45, 2.75) is 37.6 Å². The molecule has 0 aliphatic rings. The molecule has 2 aromatic heterocycles. The lowest BCUT2D eigenvalue weighted by Gasteiger charge is -2.19. The van der Waals surface area contributed by atoms with Gasteiger partial charge < -0.3 is 0 Å². The highest BCUT2D eigenvalue weighted by Crippen LogP contribution is 2.22. The molecule has 0 amide bonds. The Morgan fingerprint density at radius 3 is 2.36 bits per heavy atom. The summed E-state index contributed by atoms with van der Waals surface area (Å²) in [7, 11) is -0.364. The zero-order valence-corrected chi connectivity index (χ0v) is 14.3. The number of pyridine rings is 1. The number of nitrogens with zero attached hydrogens (tertiary/aromatic N) is 5. The van der Waals surface area contributed by atoms with Gasteiger partial charge >= 0.3 is 0 Å². The van der Waals surface area contributed by atoms with Crippen molar-refractivity contribution in [3.8, 4) is 0 Å². The quantitative estimate of drug-likeness (QED) is 0.848. The standard InChI is InChI=1S/C14H21N5O2S/c1-14(2,3)12-7-6-11(8-15-12)22(20,21)18(4)9-13-16-10-17-19(13)5/h6-8,10H,9H2,1-5H3. The predicted octanol–water partition coefficient (Wildman–Crippen LogP) is 1.33. The molecule has 2 aromatic rings. The van der Waals surface area contributed by atoms with E-state index in [0.717, 1.165) is 5.69 Å². The Kier molecular flexibility index (Phi) is 4.35. The minimum Gasteiger partial charge on any atom is -0.259 e. The fraction of sp³-hybridized carbons (Fsp3) is 0.500. The fourth-order valence-corrected chi connectivity index (χ4v) is 2.98. The van der Waals surface area contributed by atoms with Crippen LogP contribution in [0.5, 0.6) is 0 Å². The Hall–Kier alpha value is -1.80. The van der Waals surface area contributed by atoms with E-state index in [9.17, 15) is 8.42 Å². The third-order valence-corrected chi connectivity index (χ3v) is 5.17. The number of aryl methyl sites for hydroxylation is 1. The summed E-state index contributed by atoms with van der Waals surface area (Å²) in [4.78, 5) is 8.49. The Labute approximate surface area is 131 Å². The first-order valence-corrected chi connectivity index (χ1v) is 8.32. The molecule has 120 valence electrons. The van der Waals surface area contributed by atoms with Gasteiger partial charge in [0.1, 0.15) is 17.0 Å². The van der Waals surface area contributed by atoms with Crippen molar-refractivity contribution < 1.29 is 8.42 Å². The normalized spacial score (nSPS) is 12.8. The molecule has 22 heavy (non-hydrogen) atoms. The third-order valence-electron chi connectivity index (χ3n) is 3.38. The Balaban J connectivity index is 2.24. The minimum absolute atomic E-state index is 0.118. The molecule has 0 saturated heterocycles. The molecular weight excluding hydrogens is 302 g/mol. The molecule has 2 heterocycles. The highest BCUT2D eigenvalue weighted by Gasteiger charge is 2.24. The van der Waals surface area contributed by atoms with Gasteiger partial charge in [0.15, 0.2) is 0 Å². The van der Waals surface area contributed by atoms with Crippen LogP contribution < -0.4 is 0 Å². The first-order chi connectivity index (χ1) is 10.1. The van der Waals surface area contributed by atoms with Crippen molar-refractivity contribution in [2.24, 2.45) is 7.05 Å². The molecule has 0 radical (unpaired) electrons. The van der Waals surface area contributed by atoms with E-state index in [4.69, 9.17) is 0 Å². The van der Waals surface area contributed by atoms with Gasteiger partial charge in [0, 0.05) is 31.4 Å². The van der Waals surface area contributed by atoms with Crippen LogP contribution in [-0.4, -0.2) is 39.5 Å². The highest BCUT2D eigenvalue weighted by atomic mass is 32.2. The lowest BCUT2D eigenvalue weighted by Crippen LogP contribution is -2.28. The van der Waals surface area contributed by atoms with Crippen LogP contribution in [0.15, 0.2) is 29.6 Å². The maximum absolute atomic E-state index is 12.6. The van der Waals surface area contributed by atoms with Crippen LogP contribution in [0.4, 0.5) is 0 Å². The first-order valence-electron chi connectivity index (χ1n) is 6.88. The van der Waals surface area contributed by atoms with Gasteiger partial charge in [-0.25, -0.2) is 13.4 Å². The second kappa shape index (κ2) is 5.77. The lowest BCUT2D eigenvalue weighted by atomic mass is 9.92. The van der Waals surface area contributed by atoms with Crippen LogP contribution in [0, 0.1) is 0 Å². The van der Waals surface area contributed by atoms with E-state index in [0.29, 0.717) is 5.82 Å². The van der Waals surface area contributed by atoms with Crippen molar-refractivity contribution >= 4 is 10.0 Å². The van der Waals surface area contributed by atoms with E-state index >= 15 is 0 Å². The minimum atomic E-state index is -3.60. The van der Waals surface area contributed by atoms with Crippen LogP contribution in [-0.2, 0) is 29.0 Å². The molecule has 0 N–H and O–H groups in total. The first kappa shape index (κ1) is 16.6. The number of hydrogen-bond acceptors (Lipinski definition) is 5. The predicted molar refractivity (Wildman–Crippen MR) is 82.6 cm³/mol. The van der Waals surface area contributed by atoms with Crippen molar-refractivity contribution in [3.63, 3.8) is 0 Å². The van der Waals surface area contributed by atoms with Gasteiger partial charge in [-0.15, -0.1) is 0 Å². The van der Waals surface area contributed by atoms with Gasteiger partial charge in [-0.3, -0.25) is 9.67 Å². The van der Waals surface area contributed by atoms with Crippen LogP contribution >= 0.6 is 0 Å². The van der Waals surface area contributed by atoms with E-state index < -0.39 is 10.0 Å². The average Bonchev–Trinajstić information content (AvgIpc) is 2.83. The maximum atomic E-state index is 12.6. The molecule has 0 aliphatic carbocycles. The van der Waals surface area contributed by atoms with Crippen LogP contribution in [0.1, 0.15) is 32.3 Å². The molecule has 0 bridgehead atoms. The van der Waals surface area contributed by atoms with E-state index in [1.807, 2.05) is 20.8 Å². The third kappa shape index (κ3) is 3.33. The summed E-state index contributed by atoms with van der Waals surface area (Å²) in [6, 6.07) is 3.35. The Bertz CT molecular complexity index is 744. The molecule has 7 nitrogen and oxygen atoms in total. The van der Waals surface area contributed by atoms with E-state index in [2.05, 4.69) is 15.1 Å². The maximum Gasteiger partial charge on any atom is 0.244 e. The number of rotatable bonds is 4. The van der Waals surface area contributed by atoms with E-state index in [1.54, 1.807) is 23.9 Å². The monoisotopic (exact) mass is 323 g/mol. The van der Waals surface area contributed by atoms with E-state index in [-0.39, 0.29) is 16.9 Å². The van der Waals surface area contributed by atoms with Crippen LogP contribution in [0.3, 0.4) is 0 Å². The largest absolute Gasteiger partial charge is 0.259 e. The smallest absolute Gasteiger partial charge is 0.244 e. The van der Waals surface area contributed by atoms with Gasteiger partial charge in [0.2, 0.25) is 10.0 Å². The van der Waals surface area contributed by atoms with Gasteiger partial charge in [-0.05, 0) is 12.1 Å². The summed E-state index contributed by atoms with van der Waals surface area (Å²) in [6.07, 6.45) is 2.80. The molecule has 2 rings (SSSR count). The molecule has 0 saturated carbocycles. The second-order valence-electron chi connectivity index (χ2n) is 6.19. The van der Waals surface area contributed by atoms with Crippen molar-refractivity contribution in [3.05, 3.63) is 36.2 Å². The second-order valence-corrected chi connectivity index (χ2v) is 8.23. The molecule has 0 spiro atoms. The molecule has 0 fully saturated rings. The topological polar surface area (TPSA) is 81.0 Å². The van der Waals surface area contributed by atoms with E-state index in [1.165, 1.54) is 23.9 Å². The van der Waals surface area contributed by atoms with Crippen LogP contribution in [0.25, 0.3) is 0 Å². The summed E-state index contributed by atoms with van der Waals surface area (Å²) in [5, 5.41) is 3.93. The van der Waals surface area contributed by atoms with Gasteiger partial charge in [-0.2, -0.15) is 9.40 Å². The zero-order valence-electron chi connectivity index (χ0n) is 13.5. The molecule has 8 heteroatoms. The zero-order chi connectivity index (χ0) is 16.5. The van der Waals surface area contributed by atoms with Crippen LogP contribution in [0.2, 0.25) is 0 Å². The highest BCUT2D eigenvalue weighted by molar-refractivity contribution is 7.89. The van der Waals surface area contributed by atoms with Crippen molar-refractivity contribution in [2.75, 3.05) is 7.05 Å². The van der Waals surface area contributed by atoms with Gasteiger partial charge in [0.05, 0.1) is 6.54 Å². The summed E-state index contributed by atoms with van der Waals surface area (Å²) in [5.74, 6) is 0.574. The molecule has 0 aliphatic heterocycles. The summed E-state index contributed by atoms with van der Waals surface area (Å²) >= 11 is 0. The molecule has 0 atom stereocenters. The van der Waals surface area contributed by atoms with Gasteiger partial charge in [-0.1, -0.05) is 20.8 Å². The summed E-state index contributed by atoms with van der Waals surface area (Å²) < 4.78 is 27.9. The summed E-state index contributed by atoms with van der Waals surface area (Å²) in [5.41, 5.74) is 0.731. The Morgan fingerprint density at radius 2 is 1.91 bits per heavy atom. The number of sulfonamides is 1.